The average molecular weight is 538 g/mol. The van der Waals surface area contributed by atoms with Crippen molar-refractivity contribution >= 4 is 39.9 Å². The minimum absolute atomic E-state index is 0.0790. The van der Waals surface area contributed by atoms with E-state index in [4.69, 9.17) is 0 Å². The van der Waals surface area contributed by atoms with Gasteiger partial charge in [0.2, 0.25) is 0 Å². The zero-order valence-corrected chi connectivity index (χ0v) is 20.4. The van der Waals surface area contributed by atoms with E-state index in [0.29, 0.717) is 36.6 Å². The highest BCUT2D eigenvalue weighted by atomic mass is 32.1. The summed E-state index contributed by atoms with van der Waals surface area (Å²) in [5.74, 6) is -2.87. The monoisotopic (exact) mass is 537 g/mol. The number of hydrogen-bond acceptors (Lipinski definition) is 8. The number of rotatable bonds is 8. The highest BCUT2D eigenvalue weighted by Crippen LogP contribution is 2.28. The Hall–Kier alpha value is -3.65. The van der Waals surface area contributed by atoms with Gasteiger partial charge in [0.1, 0.15) is 5.00 Å². The molecule has 14 heteroatoms. The Morgan fingerprint density at radius 3 is 2.49 bits per heavy atom. The fourth-order valence-corrected chi connectivity index (χ4v) is 4.64. The van der Waals surface area contributed by atoms with Crippen LogP contribution in [-0.2, 0) is 0 Å². The molecule has 3 aromatic rings. The molecule has 1 aromatic carbocycles. The third-order valence-electron chi connectivity index (χ3n) is 5.73. The maximum atomic E-state index is 13.5. The Kier molecular flexibility index (Phi) is 8.28. The molecule has 196 valence electrons. The number of nitrogens with one attached hydrogen (secondary N) is 3. The molecule has 1 fully saturated rings. The van der Waals surface area contributed by atoms with E-state index in [2.05, 4.69) is 30.5 Å². The van der Waals surface area contributed by atoms with Crippen LogP contribution in [0.15, 0.2) is 30.3 Å². The lowest BCUT2D eigenvalue weighted by Crippen LogP contribution is -2.45. The minimum Gasteiger partial charge on any atom is -0.348 e. The van der Waals surface area contributed by atoms with Gasteiger partial charge in [-0.2, -0.15) is 4.37 Å². The van der Waals surface area contributed by atoms with Gasteiger partial charge in [-0.1, -0.05) is 0 Å². The van der Waals surface area contributed by atoms with E-state index in [0.717, 1.165) is 23.7 Å². The zero-order chi connectivity index (χ0) is 26.5. The Labute approximate surface area is 213 Å². The van der Waals surface area contributed by atoms with E-state index in [9.17, 15) is 27.2 Å². The molecule has 0 spiro atoms. The van der Waals surface area contributed by atoms with Crippen molar-refractivity contribution in [1.29, 1.82) is 0 Å². The highest BCUT2D eigenvalue weighted by Gasteiger charge is 2.24. The number of carbonyl (C=O) groups excluding carboxylic acids is 2. The van der Waals surface area contributed by atoms with E-state index in [1.165, 1.54) is 18.2 Å². The van der Waals surface area contributed by atoms with Gasteiger partial charge in [-0.3, -0.25) is 14.5 Å². The molecule has 0 aliphatic carbocycles. The van der Waals surface area contributed by atoms with Crippen LogP contribution in [0.5, 0.6) is 0 Å². The molecule has 2 aromatic heterocycles. The van der Waals surface area contributed by atoms with Gasteiger partial charge in [0.15, 0.2) is 23.1 Å². The molecule has 0 atom stereocenters. The van der Waals surface area contributed by atoms with Gasteiger partial charge in [0, 0.05) is 30.9 Å². The number of anilines is 3. The Bertz CT molecular complexity index is 1260. The largest absolute Gasteiger partial charge is 0.348 e. The minimum atomic E-state index is -2.38. The number of likely N-dealkylation sites (tertiary alicyclic amines) is 1. The van der Waals surface area contributed by atoms with Gasteiger partial charge in [-0.25, -0.2) is 17.6 Å². The molecule has 4 rings (SSSR count). The summed E-state index contributed by atoms with van der Waals surface area (Å²) in [6.07, 6.45) is -1.26. The van der Waals surface area contributed by atoms with Gasteiger partial charge >= 0.3 is 0 Å². The molecule has 1 aliphatic rings. The van der Waals surface area contributed by atoms with Gasteiger partial charge in [-0.15, -0.1) is 10.2 Å². The summed E-state index contributed by atoms with van der Waals surface area (Å²) in [6, 6.07) is 5.85. The van der Waals surface area contributed by atoms with Crippen molar-refractivity contribution in [2.24, 2.45) is 0 Å². The number of aryl methyl sites for hydroxylation is 1. The lowest BCUT2D eigenvalue weighted by molar-refractivity contribution is 0.0695. The van der Waals surface area contributed by atoms with Crippen LogP contribution in [0.4, 0.5) is 34.1 Å². The summed E-state index contributed by atoms with van der Waals surface area (Å²) in [5.41, 5.74) is 0.764. The third kappa shape index (κ3) is 6.77. The summed E-state index contributed by atoms with van der Waals surface area (Å²) < 4.78 is 55.8. The summed E-state index contributed by atoms with van der Waals surface area (Å²) in [6.45, 7) is 2.31. The molecule has 2 amide bonds. The first kappa shape index (κ1) is 26.4. The molecule has 0 bridgehead atoms. The van der Waals surface area contributed by atoms with Crippen molar-refractivity contribution in [2.45, 2.75) is 32.2 Å². The highest BCUT2D eigenvalue weighted by molar-refractivity contribution is 7.10. The molecule has 0 radical (unpaired) electrons. The predicted octanol–water partition coefficient (Wildman–Crippen LogP) is 3.97. The van der Waals surface area contributed by atoms with Gasteiger partial charge in [0.05, 0.1) is 17.8 Å². The molecule has 37 heavy (non-hydrogen) atoms. The van der Waals surface area contributed by atoms with Crippen LogP contribution in [0.2, 0.25) is 0 Å². The van der Waals surface area contributed by atoms with E-state index in [1.807, 2.05) is 0 Å². The number of carbonyl (C=O) groups is 2. The first-order valence-corrected chi connectivity index (χ1v) is 12.1. The number of hydrogen-bond donors (Lipinski definition) is 3. The van der Waals surface area contributed by atoms with Crippen LogP contribution in [0.3, 0.4) is 0 Å². The fraction of sp³-hybridized carbons (Fsp3) is 0.348. The van der Waals surface area contributed by atoms with Crippen LogP contribution in [-0.4, -0.2) is 63.4 Å². The number of benzene rings is 1. The van der Waals surface area contributed by atoms with Crippen LogP contribution < -0.4 is 16.0 Å². The summed E-state index contributed by atoms with van der Waals surface area (Å²) in [7, 11) is 0. The normalized spacial score (nSPS) is 14.5. The average Bonchev–Trinajstić information content (AvgIpc) is 3.22. The zero-order valence-electron chi connectivity index (χ0n) is 19.6. The summed E-state index contributed by atoms with van der Waals surface area (Å²) in [5, 5.41) is 16.6. The number of halogens is 4. The number of piperidine rings is 1. The van der Waals surface area contributed by atoms with Crippen molar-refractivity contribution in [1.82, 2.24) is 24.8 Å². The molecule has 0 saturated carbocycles. The Morgan fingerprint density at radius 1 is 1.08 bits per heavy atom. The van der Waals surface area contributed by atoms with Crippen LogP contribution in [0.25, 0.3) is 0 Å². The maximum Gasteiger partial charge on any atom is 0.272 e. The quantitative estimate of drug-likeness (QED) is 0.373. The van der Waals surface area contributed by atoms with E-state index in [1.54, 1.807) is 11.8 Å². The molecule has 9 nitrogen and oxygen atoms in total. The summed E-state index contributed by atoms with van der Waals surface area (Å²) >= 11 is 0.999. The van der Waals surface area contributed by atoms with Gasteiger partial charge in [-0.05, 0) is 55.6 Å². The molecule has 3 heterocycles. The molecule has 3 N–H and O–H groups in total. The van der Waals surface area contributed by atoms with Crippen molar-refractivity contribution < 1.29 is 27.2 Å². The smallest absolute Gasteiger partial charge is 0.272 e. The SMILES string of the molecule is Cc1nsc(Nc2ccc(C(=O)NC3CCN(CC(F)F)CC3)nn2)c1C(=O)Nc1ccc(F)c(F)c1. The van der Waals surface area contributed by atoms with Crippen LogP contribution >= 0.6 is 11.5 Å². The number of amides is 2. The Balaban J connectivity index is 1.36. The van der Waals surface area contributed by atoms with E-state index < -0.39 is 29.9 Å². The van der Waals surface area contributed by atoms with Crippen LogP contribution in [0.1, 0.15) is 39.4 Å². The van der Waals surface area contributed by atoms with Crippen molar-refractivity contribution in [3.8, 4) is 0 Å². The second-order valence-electron chi connectivity index (χ2n) is 8.42. The Morgan fingerprint density at radius 2 is 1.84 bits per heavy atom. The fourth-order valence-electron chi connectivity index (χ4n) is 3.84. The van der Waals surface area contributed by atoms with Crippen molar-refractivity contribution in [3.05, 3.63) is 58.9 Å². The van der Waals surface area contributed by atoms with Gasteiger partial charge in [0.25, 0.3) is 18.2 Å². The molecule has 1 aliphatic heterocycles. The van der Waals surface area contributed by atoms with Gasteiger partial charge < -0.3 is 16.0 Å². The second-order valence-corrected chi connectivity index (χ2v) is 9.20. The number of alkyl halides is 2. The number of nitrogens with zero attached hydrogens (tertiary/aromatic N) is 4. The third-order valence-corrected chi connectivity index (χ3v) is 6.58. The predicted molar refractivity (Wildman–Crippen MR) is 129 cm³/mol. The molecule has 0 unspecified atom stereocenters. The maximum absolute atomic E-state index is 13.5. The summed E-state index contributed by atoms with van der Waals surface area (Å²) in [4.78, 5) is 27.0. The van der Waals surface area contributed by atoms with E-state index >= 15 is 0 Å². The molecule has 1 saturated heterocycles. The molecular weight excluding hydrogens is 514 g/mol. The standard InChI is InChI=1S/C23H23F4N7O2S/c1-12-20(22(36)29-14-2-3-15(24)16(25)10-14)23(37-33-12)30-19-5-4-17(31-32-19)21(35)28-13-6-8-34(9-7-13)11-18(26)27/h2-5,10,13,18H,6-9,11H2,1H3,(H,28,35)(H,29,36)(H,30,32). The lowest BCUT2D eigenvalue weighted by atomic mass is 10.0. The topological polar surface area (TPSA) is 112 Å². The van der Waals surface area contributed by atoms with Crippen molar-refractivity contribution in [3.63, 3.8) is 0 Å². The van der Waals surface area contributed by atoms with Crippen LogP contribution in [0, 0.1) is 18.6 Å². The number of aromatic nitrogens is 3. The first-order valence-electron chi connectivity index (χ1n) is 11.3. The lowest BCUT2D eigenvalue weighted by Gasteiger charge is -2.31. The first-order chi connectivity index (χ1) is 17.7. The molecular formula is C23H23F4N7O2S. The van der Waals surface area contributed by atoms with E-state index in [-0.39, 0.29) is 35.3 Å². The second kappa shape index (κ2) is 11.6. The van der Waals surface area contributed by atoms with Crippen molar-refractivity contribution in [2.75, 3.05) is 30.3 Å².